The van der Waals surface area contributed by atoms with Gasteiger partial charge < -0.3 is 9.97 Å². The smallest absolute Gasteiger partial charge is 0.130 e. The number of aromatic nitrogens is 4. The summed E-state index contributed by atoms with van der Waals surface area (Å²) >= 11 is 5.27. The number of rotatable bonds is 2. The zero-order valence-corrected chi connectivity index (χ0v) is 13.2. The van der Waals surface area contributed by atoms with E-state index in [-0.39, 0.29) is 5.41 Å². The van der Waals surface area contributed by atoms with E-state index >= 15 is 0 Å². The molecule has 0 bridgehead atoms. The normalized spacial score (nSPS) is 12.0. The molecule has 2 N–H and O–H groups in total. The standard InChI is InChI=1S/C16H18N4S/c1-16(2,3)12-8-15(21)20-14(19-12)9-13-17-10-6-4-5-7-11(10)18-13/h4-8H,9H2,1-3H3,(H,17,18)(H,19,20,21). The van der Waals surface area contributed by atoms with Crippen LogP contribution in [0.4, 0.5) is 0 Å². The predicted molar refractivity (Wildman–Crippen MR) is 87.0 cm³/mol. The first kappa shape index (κ1) is 13.9. The topological polar surface area (TPSA) is 57.4 Å². The van der Waals surface area contributed by atoms with Crippen molar-refractivity contribution in [3.63, 3.8) is 0 Å². The first-order valence-electron chi connectivity index (χ1n) is 6.96. The van der Waals surface area contributed by atoms with Gasteiger partial charge in [0.25, 0.3) is 0 Å². The fourth-order valence-corrected chi connectivity index (χ4v) is 2.47. The molecule has 0 saturated heterocycles. The molecule has 0 radical (unpaired) electrons. The van der Waals surface area contributed by atoms with E-state index in [1.54, 1.807) is 0 Å². The minimum Gasteiger partial charge on any atom is -0.346 e. The molecule has 0 saturated carbocycles. The van der Waals surface area contributed by atoms with Crippen molar-refractivity contribution in [3.8, 4) is 0 Å². The van der Waals surface area contributed by atoms with E-state index < -0.39 is 0 Å². The second-order valence-electron chi connectivity index (χ2n) is 6.21. The lowest BCUT2D eigenvalue weighted by Crippen LogP contribution is -2.15. The number of hydrogen-bond acceptors (Lipinski definition) is 3. The van der Waals surface area contributed by atoms with Gasteiger partial charge in [0.05, 0.1) is 17.5 Å². The number of fused-ring (bicyclic) bond motifs is 1. The van der Waals surface area contributed by atoms with E-state index in [9.17, 15) is 0 Å². The molecule has 0 aliphatic rings. The minimum atomic E-state index is 0.0130. The number of para-hydroxylation sites is 2. The van der Waals surface area contributed by atoms with Crippen LogP contribution < -0.4 is 0 Å². The van der Waals surface area contributed by atoms with E-state index in [1.807, 2.05) is 30.3 Å². The van der Waals surface area contributed by atoms with Crippen molar-refractivity contribution in [2.75, 3.05) is 0 Å². The summed E-state index contributed by atoms with van der Waals surface area (Å²) < 4.78 is 0.616. The number of aromatic amines is 2. The molecule has 0 fully saturated rings. The van der Waals surface area contributed by atoms with E-state index in [0.717, 1.165) is 28.4 Å². The Morgan fingerprint density at radius 2 is 1.76 bits per heavy atom. The van der Waals surface area contributed by atoms with Crippen molar-refractivity contribution in [2.45, 2.75) is 32.6 Å². The third-order valence-electron chi connectivity index (χ3n) is 3.37. The van der Waals surface area contributed by atoms with Crippen LogP contribution in [0.1, 0.15) is 38.1 Å². The molecule has 0 spiro atoms. The highest BCUT2D eigenvalue weighted by atomic mass is 32.1. The van der Waals surface area contributed by atoms with Crippen LogP contribution in [-0.2, 0) is 11.8 Å². The predicted octanol–water partition coefficient (Wildman–Crippen LogP) is 3.90. The lowest BCUT2D eigenvalue weighted by molar-refractivity contribution is 0.562. The maximum absolute atomic E-state index is 5.27. The second kappa shape index (κ2) is 5.07. The molecule has 0 atom stereocenters. The van der Waals surface area contributed by atoms with Crippen molar-refractivity contribution >= 4 is 23.3 Å². The zero-order chi connectivity index (χ0) is 15.0. The fourth-order valence-electron chi connectivity index (χ4n) is 2.24. The van der Waals surface area contributed by atoms with Gasteiger partial charge in [-0.15, -0.1) is 0 Å². The Morgan fingerprint density at radius 1 is 1.05 bits per heavy atom. The second-order valence-corrected chi connectivity index (χ2v) is 6.63. The summed E-state index contributed by atoms with van der Waals surface area (Å²) in [7, 11) is 0. The van der Waals surface area contributed by atoms with Crippen LogP contribution in [0.15, 0.2) is 30.3 Å². The number of H-pyrrole nitrogens is 2. The molecule has 0 aliphatic heterocycles. The maximum atomic E-state index is 5.27. The van der Waals surface area contributed by atoms with Crippen LogP contribution in [0.5, 0.6) is 0 Å². The first-order valence-corrected chi connectivity index (χ1v) is 7.37. The van der Waals surface area contributed by atoms with E-state index in [2.05, 4.69) is 40.7 Å². The zero-order valence-electron chi connectivity index (χ0n) is 12.4. The van der Waals surface area contributed by atoms with Gasteiger partial charge in [-0.1, -0.05) is 45.1 Å². The molecule has 5 heteroatoms. The van der Waals surface area contributed by atoms with Gasteiger partial charge in [-0.25, -0.2) is 9.97 Å². The lowest BCUT2D eigenvalue weighted by atomic mass is 9.92. The quantitative estimate of drug-likeness (QED) is 0.705. The third-order valence-corrected chi connectivity index (χ3v) is 3.58. The average Bonchev–Trinajstić information content (AvgIpc) is 2.79. The fraction of sp³-hybridized carbons (Fsp3) is 0.312. The molecular weight excluding hydrogens is 280 g/mol. The molecule has 3 aromatic rings. The molecule has 0 amide bonds. The van der Waals surface area contributed by atoms with Crippen molar-refractivity contribution in [1.29, 1.82) is 0 Å². The van der Waals surface area contributed by atoms with Crippen LogP contribution in [-0.4, -0.2) is 19.9 Å². The third kappa shape index (κ3) is 3.03. The van der Waals surface area contributed by atoms with E-state index in [4.69, 9.17) is 12.2 Å². The molecule has 3 rings (SSSR count). The number of benzene rings is 1. The molecule has 0 aliphatic carbocycles. The van der Waals surface area contributed by atoms with Gasteiger partial charge >= 0.3 is 0 Å². The van der Waals surface area contributed by atoms with Gasteiger partial charge in [-0.05, 0) is 18.2 Å². The van der Waals surface area contributed by atoms with E-state index in [0.29, 0.717) is 11.1 Å². The van der Waals surface area contributed by atoms with E-state index in [1.165, 1.54) is 0 Å². The molecule has 108 valence electrons. The van der Waals surface area contributed by atoms with Gasteiger partial charge in [0.15, 0.2) is 0 Å². The van der Waals surface area contributed by atoms with Gasteiger partial charge in [-0.3, -0.25) is 0 Å². The van der Waals surface area contributed by atoms with Crippen molar-refractivity contribution in [2.24, 2.45) is 0 Å². The SMILES string of the molecule is CC(C)(C)c1cc(=S)nc(Cc2nc3ccccc3[nH]2)[nH]1. The summed E-state index contributed by atoms with van der Waals surface area (Å²) in [6.07, 6.45) is 0.613. The Kier molecular flexibility index (Phi) is 3.37. The first-order chi connectivity index (χ1) is 9.91. The Hall–Kier alpha value is -2.01. The van der Waals surface area contributed by atoms with Crippen molar-refractivity contribution in [1.82, 2.24) is 19.9 Å². The molecule has 2 aromatic heterocycles. The highest BCUT2D eigenvalue weighted by Gasteiger charge is 2.16. The minimum absolute atomic E-state index is 0.0130. The van der Waals surface area contributed by atoms with Gasteiger partial charge in [0.1, 0.15) is 16.3 Å². The molecule has 1 aromatic carbocycles. The Labute approximate surface area is 128 Å². The Morgan fingerprint density at radius 3 is 2.48 bits per heavy atom. The van der Waals surface area contributed by atoms with Crippen molar-refractivity contribution < 1.29 is 0 Å². The monoisotopic (exact) mass is 298 g/mol. The van der Waals surface area contributed by atoms with Crippen molar-refractivity contribution in [3.05, 3.63) is 52.3 Å². The summed E-state index contributed by atoms with van der Waals surface area (Å²) in [5.41, 5.74) is 3.11. The van der Waals surface area contributed by atoms with Crippen LogP contribution >= 0.6 is 12.2 Å². The summed E-state index contributed by atoms with van der Waals surface area (Å²) in [5.74, 6) is 1.73. The van der Waals surface area contributed by atoms with Crippen LogP contribution in [0.3, 0.4) is 0 Å². The molecule has 4 nitrogen and oxygen atoms in total. The number of hydrogen-bond donors (Lipinski definition) is 2. The average molecular weight is 298 g/mol. The maximum Gasteiger partial charge on any atom is 0.130 e. The number of imidazole rings is 1. The highest BCUT2D eigenvalue weighted by Crippen LogP contribution is 2.20. The van der Waals surface area contributed by atoms with Crippen LogP contribution in [0, 0.1) is 4.64 Å². The molecule has 0 unspecified atom stereocenters. The van der Waals surface area contributed by atoms with Gasteiger partial charge in [0, 0.05) is 11.1 Å². The van der Waals surface area contributed by atoms with Gasteiger partial charge in [-0.2, -0.15) is 0 Å². The molecular formula is C16H18N4S. The van der Waals surface area contributed by atoms with Gasteiger partial charge in [0.2, 0.25) is 0 Å². The number of nitrogens with zero attached hydrogens (tertiary/aromatic N) is 2. The summed E-state index contributed by atoms with van der Waals surface area (Å²) in [5, 5.41) is 0. The summed E-state index contributed by atoms with van der Waals surface area (Å²) in [6, 6.07) is 9.93. The summed E-state index contributed by atoms with van der Waals surface area (Å²) in [4.78, 5) is 15.7. The molecule has 2 heterocycles. The Balaban J connectivity index is 1.97. The largest absolute Gasteiger partial charge is 0.346 e. The Bertz CT molecular complexity index is 806. The molecule has 21 heavy (non-hydrogen) atoms. The summed E-state index contributed by atoms with van der Waals surface area (Å²) in [6.45, 7) is 6.45. The highest BCUT2D eigenvalue weighted by molar-refractivity contribution is 7.71. The van der Waals surface area contributed by atoms with Crippen LogP contribution in [0.25, 0.3) is 11.0 Å². The lowest BCUT2D eigenvalue weighted by Gasteiger charge is -2.19. The number of nitrogens with one attached hydrogen (secondary N) is 2. The van der Waals surface area contributed by atoms with Crippen LogP contribution in [0.2, 0.25) is 0 Å².